The van der Waals surface area contributed by atoms with E-state index in [-0.39, 0.29) is 12.3 Å². The number of fused-ring (bicyclic) bond motifs is 1. The van der Waals surface area contributed by atoms with E-state index < -0.39 is 0 Å². The van der Waals surface area contributed by atoms with Crippen LogP contribution in [0.2, 0.25) is 0 Å². The summed E-state index contributed by atoms with van der Waals surface area (Å²) < 4.78 is 11.4. The summed E-state index contributed by atoms with van der Waals surface area (Å²) in [6, 6.07) is 27.3. The highest BCUT2D eigenvalue weighted by Crippen LogP contribution is 2.34. The van der Waals surface area contributed by atoms with Crippen LogP contribution in [-0.4, -0.2) is 23.0 Å². The van der Waals surface area contributed by atoms with E-state index in [0.29, 0.717) is 23.8 Å². The van der Waals surface area contributed by atoms with Crippen molar-refractivity contribution in [3.63, 3.8) is 0 Å². The minimum atomic E-state index is -0.138. The largest absolute Gasteiger partial charge is 0.493 e. The molecule has 2 heterocycles. The van der Waals surface area contributed by atoms with Crippen LogP contribution in [-0.2, 0) is 17.8 Å². The summed E-state index contributed by atoms with van der Waals surface area (Å²) in [6.45, 7) is 2.29. The zero-order valence-electron chi connectivity index (χ0n) is 20.8. The molecule has 0 spiro atoms. The van der Waals surface area contributed by atoms with E-state index in [2.05, 4.69) is 28.5 Å². The Balaban J connectivity index is 1.41. The smallest absolute Gasteiger partial charge is 0.228 e. The first-order chi connectivity index (χ1) is 18.1. The Morgan fingerprint density at radius 3 is 2.51 bits per heavy atom. The topological polar surface area (TPSA) is 73.3 Å². The lowest BCUT2D eigenvalue weighted by Gasteiger charge is -2.17. The van der Waals surface area contributed by atoms with Gasteiger partial charge < -0.3 is 14.8 Å². The van der Waals surface area contributed by atoms with Crippen molar-refractivity contribution in [2.24, 2.45) is 0 Å². The molecule has 1 N–H and O–H groups in total. The van der Waals surface area contributed by atoms with Crippen molar-refractivity contribution in [2.75, 3.05) is 12.4 Å². The maximum atomic E-state index is 13.3. The first-order valence-electron chi connectivity index (χ1n) is 12.1. The predicted molar refractivity (Wildman–Crippen MR) is 146 cm³/mol. The lowest BCUT2D eigenvalue weighted by atomic mass is 9.92. The number of rotatable bonds is 8. The first-order valence-corrected chi connectivity index (χ1v) is 12.1. The summed E-state index contributed by atoms with van der Waals surface area (Å²) in [5, 5.41) is 4.05. The number of ether oxygens (including phenoxy) is 2. The van der Waals surface area contributed by atoms with Gasteiger partial charge in [-0.25, -0.2) is 0 Å². The number of amides is 1. The molecule has 0 saturated carbocycles. The molecule has 0 aliphatic heterocycles. The standard InChI is InChI=1S/C31H27N3O3/c1-21-26(31(23-10-4-3-5-11-23)25-12-6-7-13-27(25)33-21)18-30(35)34-24-14-15-28(36-2)29(17-24)37-20-22-9-8-16-32-19-22/h3-17,19H,18,20H2,1-2H3,(H,34,35). The van der Waals surface area contributed by atoms with E-state index in [0.717, 1.165) is 38.9 Å². The van der Waals surface area contributed by atoms with Crippen molar-refractivity contribution in [3.8, 4) is 22.6 Å². The molecule has 1 amide bonds. The zero-order valence-corrected chi connectivity index (χ0v) is 20.8. The van der Waals surface area contributed by atoms with Crippen molar-refractivity contribution in [1.29, 1.82) is 0 Å². The van der Waals surface area contributed by atoms with Crippen LogP contribution in [0.15, 0.2) is 97.3 Å². The van der Waals surface area contributed by atoms with Gasteiger partial charge in [-0.05, 0) is 47.9 Å². The highest BCUT2D eigenvalue weighted by molar-refractivity contribution is 6.00. The Labute approximate surface area is 215 Å². The van der Waals surface area contributed by atoms with E-state index in [1.54, 1.807) is 37.7 Å². The number of hydrogen-bond acceptors (Lipinski definition) is 5. The fraction of sp³-hybridized carbons (Fsp3) is 0.129. The molecule has 2 aromatic heterocycles. The third-order valence-corrected chi connectivity index (χ3v) is 6.16. The molecule has 0 bridgehead atoms. The van der Waals surface area contributed by atoms with Gasteiger partial charge in [-0.3, -0.25) is 14.8 Å². The van der Waals surface area contributed by atoms with Crippen LogP contribution >= 0.6 is 0 Å². The van der Waals surface area contributed by atoms with Gasteiger partial charge in [-0.1, -0.05) is 54.6 Å². The van der Waals surface area contributed by atoms with Crippen LogP contribution in [0, 0.1) is 6.92 Å². The number of nitrogens with one attached hydrogen (secondary N) is 1. The molecule has 0 radical (unpaired) electrons. The van der Waals surface area contributed by atoms with Gasteiger partial charge in [0.2, 0.25) is 5.91 Å². The van der Waals surface area contributed by atoms with Crippen molar-refractivity contribution < 1.29 is 14.3 Å². The molecule has 5 aromatic rings. The summed E-state index contributed by atoms with van der Waals surface area (Å²) in [7, 11) is 1.59. The first kappa shape index (κ1) is 24.0. The second-order valence-corrected chi connectivity index (χ2v) is 8.67. The zero-order chi connectivity index (χ0) is 25.6. The number of benzene rings is 3. The normalized spacial score (nSPS) is 10.8. The Kier molecular flexibility index (Phi) is 7.08. The molecule has 184 valence electrons. The fourth-order valence-corrected chi connectivity index (χ4v) is 4.40. The third kappa shape index (κ3) is 5.43. The SMILES string of the molecule is COc1ccc(NC(=O)Cc2c(C)nc3ccccc3c2-c2ccccc2)cc1OCc1cccnc1. The molecule has 0 aliphatic carbocycles. The van der Waals surface area contributed by atoms with E-state index >= 15 is 0 Å². The maximum Gasteiger partial charge on any atom is 0.228 e. The highest BCUT2D eigenvalue weighted by Gasteiger charge is 2.18. The average molecular weight is 490 g/mol. The van der Waals surface area contributed by atoms with Crippen LogP contribution in [0.4, 0.5) is 5.69 Å². The minimum Gasteiger partial charge on any atom is -0.493 e. The third-order valence-electron chi connectivity index (χ3n) is 6.16. The summed E-state index contributed by atoms with van der Waals surface area (Å²) in [5.41, 5.74) is 6.31. The number of aromatic nitrogens is 2. The predicted octanol–water partition coefficient (Wildman–Crippen LogP) is 6.37. The molecule has 0 aliphatic rings. The van der Waals surface area contributed by atoms with Crippen molar-refractivity contribution in [1.82, 2.24) is 9.97 Å². The Morgan fingerprint density at radius 2 is 1.73 bits per heavy atom. The van der Waals surface area contributed by atoms with Crippen molar-refractivity contribution in [3.05, 3.63) is 114 Å². The van der Waals surface area contributed by atoms with E-state index in [1.165, 1.54) is 0 Å². The Morgan fingerprint density at radius 1 is 0.919 bits per heavy atom. The fourth-order valence-electron chi connectivity index (χ4n) is 4.40. The van der Waals surface area contributed by atoms with Crippen molar-refractivity contribution >= 4 is 22.5 Å². The quantitative estimate of drug-likeness (QED) is 0.274. The molecular formula is C31H27N3O3. The molecule has 0 unspecified atom stereocenters. The maximum absolute atomic E-state index is 13.3. The minimum absolute atomic E-state index is 0.138. The van der Waals surface area contributed by atoms with E-state index in [4.69, 9.17) is 14.5 Å². The van der Waals surface area contributed by atoms with Crippen LogP contribution in [0.5, 0.6) is 11.5 Å². The number of pyridine rings is 2. The number of methoxy groups -OCH3 is 1. The molecule has 5 rings (SSSR count). The highest BCUT2D eigenvalue weighted by atomic mass is 16.5. The monoisotopic (exact) mass is 489 g/mol. The van der Waals surface area contributed by atoms with Gasteiger partial charge in [0.05, 0.1) is 19.0 Å². The second kappa shape index (κ2) is 10.9. The Hall–Kier alpha value is -4.71. The Bertz CT molecular complexity index is 1540. The number of hydrogen-bond donors (Lipinski definition) is 1. The van der Waals surface area contributed by atoms with Gasteiger partial charge in [0.25, 0.3) is 0 Å². The molecule has 0 fully saturated rings. The molecule has 6 nitrogen and oxygen atoms in total. The van der Waals surface area contributed by atoms with Gasteiger partial charge in [0.1, 0.15) is 6.61 Å². The molecule has 0 atom stereocenters. The van der Waals surface area contributed by atoms with Crippen LogP contribution in [0.1, 0.15) is 16.8 Å². The van der Waals surface area contributed by atoms with Gasteiger partial charge in [-0.2, -0.15) is 0 Å². The number of anilines is 1. The summed E-state index contributed by atoms with van der Waals surface area (Å²) in [5.74, 6) is 0.987. The molecule has 0 saturated heterocycles. The number of carbonyl (C=O) groups is 1. The van der Waals surface area contributed by atoms with Crippen LogP contribution in [0.25, 0.3) is 22.0 Å². The second-order valence-electron chi connectivity index (χ2n) is 8.67. The van der Waals surface area contributed by atoms with E-state index in [9.17, 15) is 4.79 Å². The summed E-state index contributed by atoms with van der Waals surface area (Å²) in [4.78, 5) is 22.2. The van der Waals surface area contributed by atoms with Crippen LogP contribution in [0.3, 0.4) is 0 Å². The molecule has 37 heavy (non-hydrogen) atoms. The van der Waals surface area contributed by atoms with Gasteiger partial charge in [-0.15, -0.1) is 0 Å². The lowest BCUT2D eigenvalue weighted by molar-refractivity contribution is -0.115. The summed E-state index contributed by atoms with van der Waals surface area (Å²) in [6.07, 6.45) is 3.66. The van der Waals surface area contributed by atoms with Gasteiger partial charge >= 0.3 is 0 Å². The van der Waals surface area contributed by atoms with Gasteiger partial charge in [0.15, 0.2) is 11.5 Å². The van der Waals surface area contributed by atoms with Crippen LogP contribution < -0.4 is 14.8 Å². The number of nitrogens with zero attached hydrogens (tertiary/aromatic N) is 2. The average Bonchev–Trinajstić information content (AvgIpc) is 2.93. The number of para-hydroxylation sites is 1. The molecule has 6 heteroatoms. The molecular weight excluding hydrogens is 462 g/mol. The van der Waals surface area contributed by atoms with Crippen molar-refractivity contribution in [2.45, 2.75) is 20.0 Å². The number of aryl methyl sites for hydroxylation is 1. The summed E-state index contributed by atoms with van der Waals surface area (Å²) >= 11 is 0. The van der Waals surface area contributed by atoms with Gasteiger partial charge in [0, 0.05) is 40.8 Å². The van der Waals surface area contributed by atoms with E-state index in [1.807, 2.05) is 55.5 Å². The lowest BCUT2D eigenvalue weighted by Crippen LogP contribution is -2.16. The molecule has 3 aromatic carbocycles. The number of carbonyl (C=O) groups excluding carboxylic acids is 1.